The number of carbonyl (C=O) groups excluding carboxylic acids is 1. The van der Waals surface area contributed by atoms with Gasteiger partial charge in [-0.25, -0.2) is 0 Å². The highest BCUT2D eigenvalue weighted by molar-refractivity contribution is 5.76. The Bertz CT molecular complexity index is 357. The number of aliphatic hydroxyl groups excluding tert-OH is 1. The fraction of sp³-hybridized carbons (Fsp3) is 0.600. The van der Waals surface area contributed by atoms with Gasteiger partial charge in [-0.1, -0.05) is 6.92 Å². The largest absolute Gasteiger partial charge is 0.396 e. The summed E-state index contributed by atoms with van der Waals surface area (Å²) >= 11 is 0. The van der Waals surface area contributed by atoms with Gasteiger partial charge in [-0.15, -0.1) is 0 Å². The zero-order valence-electron chi connectivity index (χ0n) is 9.60. The molecule has 0 aromatic carbocycles. The van der Waals surface area contributed by atoms with Crippen molar-refractivity contribution in [2.24, 2.45) is 0 Å². The van der Waals surface area contributed by atoms with E-state index in [4.69, 9.17) is 10.8 Å². The fourth-order valence-electron chi connectivity index (χ4n) is 1.23. The monoisotopic (exact) mass is 226 g/mol. The number of nitrogens with one attached hydrogen (secondary N) is 1. The molecule has 0 aliphatic rings. The molecule has 90 valence electrons. The minimum atomic E-state index is -0.574. The lowest BCUT2D eigenvalue weighted by Crippen LogP contribution is -2.49. The molecule has 1 aromatic heterocycles. The van der Waals surface area contributed by atoms with E-state index in [1.54, 1.807) is 13.1 Å². The number of nitrogen functional groups attached to an aromatic ring is 1. The van der Waals surface area contributed by atoms with E-state index < -0.39 is 5.54 Å². The van der Waals surface area contributed by atoms with Crippen molar-refractivity contribution < 1.29 is 9.90 Å². The first-order chi connectivity index (χ1) is 7.49. The summed E-state index contributed by atoms with van der Waals surface area (Å²) in [4.78, 5) is 11.6. The second kappa shape index (κ2) is 4.98. The van der Waals surface area contributed by atoms with Gasteiger partial charge in [0.1, 0.15) is 6.54 Å². The minimum Gasteiger partial charge on any atom is -0.396 e. The molecule has 6 heteroatoms. The minimum absolute atomic E-state index is 0.0868. The molecule has 0 aliphatic heterocycles. The van der Waals surface area contributed by atoms with Crippen molar-refractivity contribution in [3.05, 3.63) is 12.4 Å². The number of anilines is 1. The van der Waals surface area contributed by atoms with Crippen LogP contribution in [0.25, 0.3) is 0 Å². The summed E-state index contributed by atoms with van der Waals surface area (Å²) in [6.07, 6.45) is 3.73. The average molecular weight is 226 g/mol. The normalized spacial score (nSPS) is 14.4. The number of nitrogens with zero attached hydrogens (tertiary/aromatic N) is 2. The van der Waals surface area contributed by atoms with Crippen LogP contribution in [0.3, 0.4) is 0 Å². The first-order valence-corrected chi connectivity index (χ1v) is 5.19. The van der Waals surface area contributed by atoms with Crippen molar-refractivity contribution in [2.75, 3.05) is 12.3 Å². The Hall–Kier alpha value is -1.56. The molecule has 1 atom stereocenters. The van der Waals surface area contributed by atoms with Gasteiger partial charge in [-0.2, -0.15) is 5.10 Å². The smallest absolute Gasteiger partial charge is 0.242 e. The van der Waals surface area contributed by atoms with Crippen LogP contribution in [0.1, 0.15) is 20.3 Å². The molecule has 0 saturated heterocycles. The molecule has 1 heterocycles. The number of rotatable bonds is 5. The van der Waals surface area contributed by atoms with E-state index in [0.29, 0.717) is 12.1 Å². The predicted octanol–water partition coefficient (Wildman–Crippen LogP) is -0.257. The van der Waals surface area contributed by atoms with Crippen molar-refractivity contribution in [3.8, 4) is 0 Å². The zero-order chi connectivity index (χ0) is 12.2. The summed E-state index contributed by atoms with van der Waals surface area (Å²) in [7, 11) is 0. The highest BCUT2D eigenvalue weighted by Gasteiger charge is 2.23. The zero-order valence-corrected chi connectivity index (χ0v) is 9.60. The van der Waals surface area contributed by atoms with Gasteiger partial charge in [0.05, 0.1) is 24.0 Å². The lowest BCUT2D eigenvalue weighted by molar-refractivity contribution is -0.124. The van der Waals surface area contributed by atoms with Crippen molar-refractivity contribution in [2.45, 2.75) is 32.4 Å². The maximum Gasteiger partial charge on any atom is 0.242 e. The molecule has 1 aromatic rings. The van der Waals surface area contributed by atoms with Crippen LogP contribution < -0.4 is 11.1 Å². The topological polar surface area (TPSA) is 93.2 Å². The first kappa shape index (κ1) is 12.5. The van der Waals surface area contributed by atoms with E-state index in [0.717, 1.165) is 0 Å². The third-order valence-corrected chi connectivity index (χ3v) is 2.53. The lowest BCUT2D eigenvalue weighted by Gasteiger charge is -2.27. The van der Waals surface area contributed by atoms with Gasteiger partial charge >= 0.3 is 0 Å². The van der Waals surface area contributed by atoms with Gasteiger partial charge in [0.25, 0.3) is 0 Å². The Morgan fingerprint density at radius 3 is 2.88 bits per heavy atom. The van der Waals surface area contributed by atoms with Gasteiger partial charge in [0, 0.05) is 6.20 Å². The predicted molar refractivity (Wildman–Crippen MR) is 60.6 cm³/mol. The molecule has 6 nitrogen and oxygen atoms in total. The molecular weight excluding hydrogens is 208 g/mol. The molecule has 0 fully saturated rings. The van der Waals surface area contributed by atoms with Gasteiger partial charge in [0.2, 0.25) is 5.91 Å². The second-order valence-corrected chi connectivity index (χ2v) is 4.09. The van der Waals surface area contributed by atoms with Crippen molar-refractivity contribution in [1.29, 1.82) is 0 Å². The van der Waals surface area contributed by atoms with Crippen LogP contribution in [0.5, 0.6) is 0 Å². The number of hydrogen-bond donors (Lipinski definition) is 3. The van der Waals surface area contributed by atoms with E-state index in [2.05, 4.69) is 10.4 Å². The maximum absolute atomic E-state index is 11.6. The van der Waals surface area contributed by atoms with Gasteiger partial charge in [-0.05, 0) is 13.3 Å². The Morgan fingerprint density at radius 2 is 2.44 bits per heavy atom. The van der Waals surface area contributed by atoms with Gasteiger partial charge < -0.3 is 16.2 Å². The van der Waals surface area contributed by atoms with E-state index in [9.17, 15) is 4.79 Å². The Balaban J connectivity index is 2.53. The van der Waals surface area contributed by atoms with Crippen LogP contribution >= 0.6 is 0 Å². The standard InChI is InChI=1S/C10H18N4O2/c1-3-10(2,7-15)13-9(16)6-14-5-8(11)4-12-14/h4-5,15H,3,6-7,11H2,1-2H3,(H,13,16). The number of aliphatic hydroxyl groups is 1. The Labute approximate surface area is 94.4 Å². The molecule has 0 spiro atoms. The summed E-state index contributed by atoms with van der Waals surface area (Å²) in [6.45, 7) is 3.72. The van der Waals surface area contributed by atoms with E-state index in [-0.39, 0.29) is 19.1 Å². The van der Waals surface area contributed by atoms with Crippen LogP contribution in [0.15, 0.2) is 12.4 Å². The SMILES string of the molecule is CCC(C)(CO)NC(=O)Cn1cc(N)cn1. The first-order valence-electron chi connectivity index (χ1n) is 5.19. The number of carbonyl (C=O) groups is 1. The van der Waals surface area contributed by atoms with Crippen LogP contribution in [-0.4, -0.2) is 32.9 Å². The molecular formula is C10H18N4O2. The summed E-state index contributed by atoms with van der Waals surface area (Å²) in [5.74, 6) is -0.193. The van der Waals surface area contributed by atoms with Crippen LogP contribution in [0.4, 0.5) is 5.69 Å². The summed E-state index contributed by atoms with van der Waals surface area (Å²) in [6, 6.07) is 0. The van der Waals surface area contributed by atoms with Crippen molar-refractivity contribution in [1.82, 2.24) is 15.1 Å². The summed E-state index contributed by atoms with van der Waals surface area (Å²) in [5, 5.41) is 15.8. The van der Waals surface area contributed by atoms with E-state index in [1.807, 2.05) is 6.92 Å². The lowest BCUT2D eigenvalue weighted by atomic mass is 10.0. The summed E-state index contributed by atoms with van der Waals surface area (Å²) < 4.78 is 1.46. The summed E-state index contributed by atoms with van der Waals surface area (Å²) in [5.41, 5.74) is 5.43. The third-order valence-electron chi connectivity index (χ3n) is 2.53. The molecule has 0 bridgehead atoms. The van der Waals surface area contributed by atoms with Gasteiger partial charge in [-0.3, -0.25) is 9.48 Å². The fourth-order valence-corrected chi connectivity index (χ4v) is 1.23. The number of hydrogen-bond acceptors (Lipinski definition) is 4. The molecule has 0 saturated carbocycles. The van der Waals surface area contributed by atoms with Crippen molar-refractivity contribution in [3.63, 3.8) is 0 Å². The molecule has 1 unspecified atom stereocenters. The molecule has 4 N–H and O–H groups in total. The molecule has 1 rings (SSSR count). The third kappa shape index (κ3) is 3.23. The number of nitrogens with two attached hydrogens (primary N) is 1. The van der Waals surface area contributed by atoms with Crippen LogP contribution in [-0.2, 0) is 11.3 Å². The number of aromatic nitrogens is 2. The van der Waals surface area contributed by atoms with Crippen LogP contribution in [0, 0.1) is 0 Å². The highest BCUT2D eigenvalue weighted by atomic mass is 16.3. The van der Waals surface area contributed by atoms with Crippen LogP contribution in [0.2, 0.25) is 0 Å². The Morgan fingerprint density at radius 1 is 1.75 bits per heavy atom. The highest BCUT2D eigenvalue weighted by Crippen LogP contribution is 2.07. The molecule has 0 aliphatic carbocycles. The molecule has 1 amide bonds. The maximum atomic E-state index is 11.6. The quantitative estimate of drug-likeness (QED) is 0.645. The van der Waals surface area contributed by atoms with E-state index in [1.165, 1.54) is 10.9 Å². The van der Waals surface area contributed by atoms with Crippen molar-refractivity contribution >= 4 is 11.6 Å². The van der Waals surface area contributed by atoms with Gasteiger partial charge in [0.15, 0.2) is 0 Å². The van der Waals surface area contributed by atoms with E-state index >= 15 is 0 Å². The Kier molecular flexibility index (Phi) is 3.89. The molecule has 0 radical (unpaired) electrons. The average Bonchev–Trinajstić information content (AvgIpc) is 2.63. The second-order valence-electron chi connectivity index (χ2n) is 4.09. The number of amides is 1. The molecule has 16 heavy (non-hydrogen) atoms.